The topological polar surface area (TPSA) is 67.9 Å². The Morgan fingerprint density at radius 3 is 2.64 bits per heavy atom. The van der Waals surface area contributed by atoms with Gasteiger partial charge in [0, 0.05) is 26.1 Å². The number of rotatable bonds is 8. The van der Waals surface area contributed by atoms with Gasteiger partial charge in [-0.2, -0.15) is 0 Å². The van der Waals surface area contributed by atoms with Crippen LogP contribution in [0.1, 0.15) is 25.8 Å². The largest absolute Gasteiger partial charge is 0.493 e. The normalized spacial score (nSPS) is 17.1. The summed E-state index contributed by atoms with van der Waals surface area (Å²) in [5.41, 5.74) is 1.07. The van der Waals surface area contributed by atoms with E-state index in [1.807, 2.05) is 18.2 Å². The standard InChI is InChI=1S/C19H28N2O4/c1-13(2)11-20-19(23)15-10-18(22)21(12-15)8-7-14-5-6-16(24-3)17(9-14)25-4/h5-6,9,13,15H,7-8,10-12H2,1-4H3,(H,20,23)/t15-/m1/s1. The van der Waals surface area contributed by atoms with Gasteiger partial charge in [-0.15, -0.1) is 0 Å². The lowest BCUT2D eigenvalue weighted by molar-refractivity contribution is -0.129. The van der Waals surface area contributed by atoms with Crippen LogP contribution in [0.25, 0.3) is 0 Å². The molecule has 1 atom stereocenters. The summed E-state index contributed by atoms with van der Waals surface area (Å²) in [5.74, 6) is 1.56. The number of ether oxygens (including phenoxy) is 2. The van der Waals surface area contributed by atoms with Crippen LogP contribution in [-0.4, -0.2) is 50.6 Å². The molecule has 1 aromatic carbocycles. The van der Waals surface area contributed by atoms with Crippen molar-refractivity contribution in [2.24, 2.45) is 11.8 Å². The van der Waals surface area contributed by atoms with Crippen molar-refractivity contribution < 1.29 is 19.1 Å². The fourth-order valence-electron chi connectivity index (χ4n) is 2.91. The summed E-state index contributed by atoms with van der Waals surface area (Å²) in [6.07, 6.45) is 1.02. The molecule has 2 rings (SSSR count). The molecule has 0 radical (unpaired) electrons. The van der Waals surface area contributed by atoms with Gasteiger partial charge in [0.1, 0.15) is 0 Å². The number of methoxy groups -OCH3 is 2. The van der Waals surface area contributed by atoms with Crippen LogP contribution in [0.5, 0.6) is 11.5 Å². The first-order chi connectivity index (χ1) is 11.9. The second kappa shape index (κ2) is 8.74. The van der Waals surface area contributed by atoms with Gasteiger partial charge >= 0.3 is 0 Å². The third-order valence-electron chi connectivity index (χ3n) is 4.39. The summed E-state index contributed by atoms with van der Waals surface area (Å²) in [4.78, 5) is 26.1. The average molecular weight is 348 g/mol. The molecule has 0 saturated carbocycles. The Balaban J connectivity index is 1.89. The van der Waals surface area contributed by atoms with Crippen LogP contribution < -0.4 is 14.8 Å². The minimum atomic E-state index is -0.239. The van der Waals surface area contributed by atoms with E-state index in [-0.39, 0.29) is 17.7 Å². The van der Waals surface area contributed by atoms with E-state index in [2.05, 4.69) is 19.2 Å². The number of carbonyl (C=O) groups is 2. The molecule has 1 aliphatic heterocycles. The van der Waals surface area contributed by atoms with E-state index in [1.54, 1.807) is 19.1 Å². The fourth-order valence-corrected chi connectivity index (χ4v) is 2.91. The number of amides is 2. The number of hydrogen-bond donors (Lipinski definition) is 1. The van der Waals surface area contributed by atoms with Gasteiger partial charge in [-0.25, -0.2) is 0 Å². The van der Waals surface area contributed by atoms with Crippen molar-refractivity contribution in [3.05, 3.63) is 23.8 Å². The Kier molecular flexibility index (Phi) is 6.67. The minimum Gasteiger partial charge on any atom is -0.493 e. The Labute approximate surface area is 149 Å². The van der Waals surface area contributed by atoms with Gasteiger partial charge < -0.3 is 19.7 Å². The Morgan fingerprint density at radius 1 is 1.28 bits per heavy atom. The number of nitrogens with one attached hydrogen (secondary N) is 1. The predicted molar refractivity (Wildman–Crippen MR) is 95.8 cm³/mol. The van der Waals surface area contributed by atoms with Crippen molar-refractivity contribution in [2.45, 2.75) is 26.7 Å². The molecule has 138 valence electrons. The summed E-state index contributed by atoms with van der Waals surface area (Å²) < 4.78 is 10.5. The molecule has 0 spiro atoms. The molecule has 2 amide bonds. The quantitative estimate of drug-likeness (QED) is 0.779. The zero-order valence-electron chi connectivity index (χ0n) is 15.5. The lowest BCUT2D eigenvalue weighted by Gasteiger charge is -2.17. The van der Waals surface area contributed by atoms with Gasteiger partial charge in [0.25, 0.3) is 0 Å². The number of carbonyl (C=O) groups excluding carboxylic acids is 2. The summed E-state index contributed by atoms with van der Waals surface area (Å²) in [7, 11) is 3.21. The van der Waals surface area contributed by atoms with E-state index >= 15 is 0 Å². The highest BCUT2D eigenvalue weighted by Crippen LogP contribution is 2.28. The van der Waals surface area contributed by atoms with Crippen LogP contribution in [0, 0.1) is 11.8 Å². The van der Waals surface area contributed by atoms with Crippen molar-refractivity contribution in [3.63, 3.8) is 0 Å². The molecule has 0 aromatic heterocycles. The lowest BCUT2D eigenvalue weighted by atomic mass is 10.1. The maximum atomic E-state index is 12.2. The third-order valence-corrected chi connectivity index (χ3v) is 4.39. The Morgan fingerprint density at radius 2 is 2.00 bits per heavy atom. The van der Waals surface area contributed by atoms with E-state index in [0.717, 1.165) is 5.56 Å². The summed E-state index contributed by atoms with van der Waals surface area (Å²) in [6, 6.07) is 5.75. The minimum absolute atomic E-state index is 0.0179. The van der Waals surface area contributed by atoms with Crippen molar-refractivity contribution >= 4 is 11.8 Å². The highest BCUT2D eigenvalue weighted by atomic mass is 16.5. The summed E-state index contributed by atoms with van der Waals surface area (Å²) in [5, 5.41) is 2.92. The summed E-state index contributed by atoms with van der Waals surface area (Å²) in [6.45, 7) is 5.85. The van der Waals surface area contributed by atoms with Crippen molar-refractivity contribution in [1.29, 1.82) is 0 Å². The second-order valence-electron chi connectivity index (χ2n) is 6.82. The first-order valence-electron chi connectivity index (χ1n) is 8.71. The van der Waals surface area contributed by atoms with E-state index < -0.39 is 0 Å². The Bertz CT molecular complexity index is 615. The van der Waals surface area contributed by atoms with Crippen LogP contribution in [0.3, 0.4) is 0 Å². The number of hydrogen-bond acceptors (Lipinski definition) is 4. The smallest absolute Gasteiger partial charge is 0.225 e. The molecule has 1 aliphatic rings. The first kappa shape index (κ1) is 19.1. The monoisotopic (exact) mass is 348 g/mol. The fraction of sp³-hybridized carbons (Fsp3) is 0.579. The van der Waals surface area contributed by atoms with Gasteiger partial charge in [-0.3, -0.25) is 9.59 Å². The molecule has 0 aliphatic carbocycles. The van der Waals surface area contributed by atoms with E-state index in [1.165, 1.54) is 0 Å². The zero-order chi connectivity index (χ0) is 18.4. The van der Waals surface area contributed by atoms with Crippen molar-refractivity contribution in [1.82, 2.24) is 10.2 Å². The third kappa shape index (κ3) is 5.11. The molecule has 1 N–H and O–H groups in total. The van der Waals surface area contributed by atoms with E-state index in [0.29, 0.717) is 49.9 Å². The molecule has 1 fully saturated rings. The van der Waals surface area contributed by atoms with Crippen molar-refractivity contribution in [3.8, 4) is 11.5 Å². The molecule has 1 saturated heterocycles. The van der Waals surface area contributed by atoms with E-state index in [4.69, 9.17) is 9.47 Å². The molecule has 0 bridgehead atoms. The lowest BCUT2D eigenvalue weighted by Crippen LogP contribution is -2.35. The number of likely N-dealkylation sites (tertiary alicyclic amines) is 1. The van der Waals surface area contributed by atoms with Gasteiger partial charge in [-0.1, -0.05) is 19.9 Å². The molecular weight excluding hydrogens is 320 g/mol. The van der Waals surface area contributed by atoms with Gasteiger partial charge in [0.2, 0.25) is 11.8 Å². The number of benzene rings is 1. The molecule has 6 heteroatoms. The number of nitrogens with zero attached hydrogens (tertiary/aromatic N) is 1. The SMILES string of the molecule is COc1ccc(CCN2C[C@H](C(=O)NCC(C)C)CC2=O)cc1OC. The molecule has 25 heavy (non-hydrogen) atoms. The van der Waals surface area contributed by atoms with Crippen molar-refractivity contribution in [2.75, 3.05) is 33.9 Å². The molecule has 1 heterocycles. The van der Waals surface area contributed by atoms with Gasteiger partial charge in [-0.05, 0) is 30.0 Å². The predicted octanol–water partition coefficient (Wildman–Crippen LogP) is 1.87. The molecule has 6 nitrogen and oxygen atoms in total. The van der Waals surface area contributed by atoms with Crippen LogP contribution in [0.4, 0.5) is 0 Å². The van der Waals surface area contributed by atoms with Crippen LogP contribution in [0.2, 0.25) is 0 Å². The zero-order valence-corrected chi connectivity index (χ0v) is 15.5. The second-order valence-corrected chi connectivity index (χ2v) is 6.82. The highest BCUT2D eigenvalue weighted by molar-refractivity contribution is 5.89. The molecular formula is C19H28N2O4. The van der Waals surface area contributed by atoms with Crippen LogP contribution in [0.15, 0.2) is 18.2 Å². The highest BCUT2D eigenvalue weighted by Gasteiger charge is 2.33. The maximum Gasteiger partial charge on any atom is 0.225 e. The van der Waals surface area contributed by atoms with Gasteiger partial charge in [0.15, 0.2) is 11.5 Å². The van der Waals surface area contributed by atoms with E-state index in [9.17, 15) is 9.59 Å². The maximum absolute atomic E-state index is 12.2. The van der Waals surface area contributed by atoms with Gasteiger partial charge in [0.05, 0.1) is 20.1 Å². The average Bonchev–Trinajstić information content (AvgIpc) is 2.98. The Hall–Kier alpha value is -2.24. The van der Waals surface area contributed by atoms with Crippen LogP contribution in [-0.2, 0) is 16.0 Å². The first-order valence-corrected chi connectivity index (χ1v) is 8.71. The molecule has 1 aromatic rings. The summed E-state index contributed by atoms with van der Waals surface area (Å²) >= 11 is 0. The molecule has 0 unspecified atom stereocenters. The van der Waals surface area contributed by atoms with Crippen LogP contribution >= 0.6 is 0 Å².